The Kier molecular flexibility index (Phi) is 4.58. The van der Waals surface area contributed by atoms with Gasteiger partial charge in [-0.1, -0.05) is 36.9 Å². The van der Waals surface area contributed by atoms with Crippen molar-refractivity contribution in [3.05, 3.63) is 30.5 Å². The molecule has 1 fully saturated rings. The highest BCUT2D eigenvalue weighted by Gasteiger charge is 2.22. The molecule has 1 N–H and O–H groups in total. The van der Waals surface area contributed by atoms with Gasteiger partial charge < -0.3 is 9.72 Å². The fourth-order valence-electron chi connectivity index (χ4n) is 3.20. The number of aromatic nitrogens is 4. The Balaban J connectivity index is 1.74. The zero-order valence-corrected chi connectivity index (χ0v) is 14.7. The van der Waals surface area contributed by atoms with Gasteiger partial charge in [-0.15, -0.1) is 10.2 Å². The molecule has 3 aromatic rings. The highest BCUT2D eigenvalue weighted by molar-refractivity contribution is 7.99. The maximum Gasteiger partial charge on any atom is 0.191 e. The Morgan fingerprint density at radius 2 is 2.25 bits per heavy atom. The van der Waals surface area contributed by atoms with Crippen LogP contribution in [0.2, 0.25) is 0 Å². The van der Waals surface area contributed by atoms with Crippen LogP contribution >= 0.6 is 11.8 Å². The summed E-state index contributed by atoms with van der Waals surface area (Å²) in [6.45, 7) is 3.88. The molecule has 0 saturated carbocycles. The minimum absolute atomic E-state index is 0.269. The van der Waals surface area contributed by atoms with Crippen LogP contribution in [0.3, 0.4) is 0 Å². The zero-order chi connectivity index (χ0) is 16.4. The van der Waals surface area contributed by atoms with Crippen molar-refractivity contribution in [3.8, 4) is 11.4 Å². The van der Waals surface area contributed by atoms with E-state index in [9.17, 15) is 0 Å². The van der Waals surface area contributed by atoms with Crippen LogP contribution < -0.4 is 0 Å². The first-order valence-corrected chi connectivity index (χ1v) is 9.59. The van der Waals surface area contributed by atoms with E-state index in [1.165, 1.54) is 5.39 Å². The summed E-state index contributed by atoms with van der Waals surface area (Å²) in [6.07, 6.45) is 5.69. The molecule has 1 unspecified atom stereocenters. The highest BCUT2D eigenvalue weighted by Crippen LogP contribution is 2.31. The van der Waals surface area contributed by atoms with Crippen LogP contribution in [-0.4, -0.2) is 38.2 Å². The molecule has 0 spiro atoms. The Morgan fingerprint density at radius 3 is 3.08 bits per heavy atom. The largest absolute Gasteiger partial charge is 0.376 e. The van der Waals surface area contributed by atoms with Gasteiger partial charge in [-0.25, -0.2) is 0 Å². The van der Waals surface area contributed by atoms with Gasteiger partial charge in [0.2, 0.25) is 0 Å². The number of para-hydroxylation sites is 1. The third-order valence-electron chi connectivity index (χ3n) is 4.39. The molecular weight excluding hydrogens is 320 g/mol. The Bertz CT molecular complexity index is 819. The molecule has 24 heavy (non-hydrogen) atoms. The number of hydrogen-bond donors (Lipinski definition) is 1. The number of fused-ring (bicyclic) bond motifs is 1. The topological polar surface area (TPSA) is 55.7 Å². The number of thioether (sulfide) groups is 1. The quantitative estimate of drug-likeness (QED) is 0.685. The number of hydrogen-bond acceptors (Lipinski definition) is 4. The summed E-state index contributed by atoms with van der Waals surface area (Å²) in [5.74, 6) is 1.99. The van der Waals surface area contributed by atoms with Gasteiger partial charge in [0.1, 0.15) is 0 Å². The second-order valence-corrected chi connectivity index (χ2v) is 7.21. The van der Waals surface area contributed by atoms with E-state index in [1.807, 2.05) is 12.3 Å². The molecule has 1 atom stereocenters. The average Bonchev–Trinajstić information content (AvgIpc) is 3.33. The van der Waals surface area contributed by atoms with Gasteiger partial charge in [0.15, 0.2) is 11.0 Å². The average molecular weight is 342 g/mol. The summed E-state index contributed by atoms with van der Waals surface area (Å²) >= 11 is 1.78. The van der Waals surface area contributed by atoms with Crippen LogP contribution in [0.5, 0.6) is 0 Å². The van der Waals surface area contributed by atoms with Crippen molar-refractivity contribution in [2.75, 3.05) is 12.4 Å². The van der Waals surface area contributed by atoms with E-state index in [2.05, 4.69) is 44.9 Å². The van der Waals surface area contributed by atoms with E-state index in [1.54, 1.807) is 11.8 Å². The summed E-state index contributed by atoms with van der Waals surface area (Å²) in [5, 5.41) is 11.2. The second kappa shape index (κ2) is 6.99. The van der Waals surface area contributed by atoms with Gasteiger partial charge in [0.25, 0.3) is 0 Å². The van der Waals surface area contributed by atoms with Crippen LogP contribution in [0.25, 0.3) is 22.3 Å². The van der Waals surface area contributed by atoms with Gasteiger partial charge in [-0.2, -0.15) is 0 Å². The highest BCUT2D eigenvalue weighted by atomic mass is 32.2. The Morgan fingerprint density at radius 1 is 1.33 bits per heavy atom. The fraction of sp³-hybridized carbons (Fsp3) is 0.444. The molecule has 3 heterocycles. The molecule has 5 nitrogen and oxygen atoms in total. The van der Waals surface area contributed by atoms with Crippen molar-refractivity contribution in [2.45, 2.75) is 44.0 Å². The van der Waals surface area contributed by atoms with E-state index in [0.717, 1.165) is 60.2 Å². The summed E-state index contributed by atoms with van der Waals surface area (Å²) in [7, 11) is 0. The normalized spacial score (nSPS) is 17.8. The summed E-state index contributed by atoms with van der Waals surface area (Å²) in [5.41, 5.74) is 2.24. The standard InChI is InChI=1S/C18H22N4OS/c1-2-10-24-18-21-20-17(22(18)12-13-6-5-9-23-13)15-11-19-16-8-4-3-7-14(15)16/h3-4,7-8,11,13,19H,2,5-6,9-10,12H2,1H3. The summed E-state index contributed by atoms with van der Waals surface area (Å²) < 4.78 is 8.09. The molecule has 1 aliphatic heterocycles. The molecule has 4 rings (SSSR count). The molecule has 1 saturated heterocycles. The first-order chi connectivity index (χ1) is 11.9. The molecule has 0 radical (unpaired) electrons. The van der Waals surface area contributed by atoms with E-state index in [-0.39, 0.29) is 6.10 Å². The predicted molar refractivity (Wildman–Crippen MR) is 97.3 cm³/mol. The minimum atomic E-state index is 0.269. The number of benzene rings is 1. The molecule has 0 bridgehead atoms. The molecular formula is C18H22N4OS. The number of nitrogens with one attached hydrogen (secondary N) is 1. The molecule has 126 valence electrons. The lowest BCUT2D eigenvalue weighted by atomic mass is 10.1. The number of nitrogens with zero attached hydrogens (tertiary/aromatic N) is 3. The van der Waals surface area contributed by atoms with Gasteiger partial charge in [0, 0.05) is 35.0 Å². The summed E-state index contributed by atoms with van der Waals surface area (Å²) in [4.78, 5) is 3.34. The fourth-order valence-corrected chi connectivity index (χ4v) is 4.00. The van der Waals surface area contributed by atoms with E-state index >= 15 is 0 Å². The first-order valence-electron chi connectivity index (χ1n) is 8.61. The third-order valence-corrected chi connectivity index (χ3v) is 5.57. The van der Waals surface area contributed by atoms with Crippen molar-refractivity contribution >= 4 is 22.7 Å². The lowest BCUT2D eigenvalue weighted by molar-refractivity contribution is 0.0953. The van der Waals surface area contributed by atoms with Crippen molar-refractivity contribution < 1.29 is 4.74 Å². The van der Waals surface area contributed by atoms with E-state index < -0.39 is 0 Å². The zero-order valence-electron chi connectivity index (χ0n) is 13.9. The summed E-state index contributed by atoms with van der Waals surface area (Å²) in [6, 6.07) is 8.33. The van der Waals surface area contributed by atoms with E-state index in [4.69, 9.17) is 4.74 Å². The number of aromatic amines is 1. The number of H-pyrrole nitrogens is 1. The van der Waals surface area contributed by atoms with Gasteiger partial charge >= 0.3 is 0 Å². The molecule has 1 aromatic carbocycles. The van der Waals surface area contributed by atoms with Crippen molar-refractivity contribution in [3.63, 3.8) is 0 Å². The monoisotopic (exact) mass is 342 g/mol. The number of rotatable bonds is 6. The number of ether oxygens (including phenoxy) is 1. The molecule has 2 aromatic heterocycles. The van der Waals surface area contributed by atoms with Crippen molar-refractivity contribution in [1.29, 1.82) is 0 Å². The van der Waals surface area contributed by atoms with Crippen LogP contribution in [-0.2, 0) is 11.3 Å². The molecule has 0 amide bonds. The van der Waals surface area contributed by atoms with Crippen LogP contribution in [0.1, 0.15) is 26.2 Å². The molecule has 0 aliphatic carbocycles. The van der Waals surface area contributed by atoms with Gasteiger partial charge in [-0.3, -0.25) is 4.57 Å². The third kappa shape index (κ3) is 2.96. The predicted octanol–water partition coefficient (Wildman–Crippen LogP) is 4.11. The van der Waals surface area contributed by atoms with Crippen LogP contribution in [0.15, 0.2) is 35.6 Å². The minimum Gasteiger partial charge on any atom is -0.376 e. The van der Waals surface area contributed by atoms with Crippen LogP contribution in [0, 0.1) is 0 Å². The lowest BCUT2D eigenvalue weighted by Gasteiger charge is -2.14. The maximum absolute atomic E-state index is 5.85. The van der Waals surface area contributed by atoms with Crippen molar-refractivity contribution in [1.82, 2.24) is 19.7 Å². The van der Waals surface area contributed by atoms with Gasteiger partial charge in [0.05, 0.1) is 12.6 Å². The lowest BCUT2D eigenvalue weighted by Crippen LogP contribution is -2.16. The molecule has 1 aliphatic rings. The second-order valence-electron chi connectivity index (χ2n) is 6.15. The van der Waals surface area contributed by atoms with E-state index in [0.29, 0.717) is 0 Å². The van der Waals surface area contributed by atoms with Gasteiger partial charge in [-0.05, 0) is 25.3 Å². The Labute approximate surface area is 145 Å². The molecule has 6 heteroatoms. The maximum atomic E-state index is 5.85. The smallest absolute Gasteiger partial charge is 0.191 e. The van der Waals surface area contributed by atoms with Crippen molar-refractivity contribution in [2.24, 2.45) is 0 Å². The van der Waals surface area contributed by atoms with Crippen LogP contribution in [0.4, 0.5) is 0 Å². The SMILES string of the molecule is CCCSc1nnc(-c2c[nH]c3ccccc23)n1CC1CCCO1. The first kappa shape index (κ1) is 15.7. The Hall–Kier alpha value is -1.79.